The molecule has 3 saturated heterocycles. The molecule has 2 atom stereocenters. The smallest absolute Gasteiger partial charge is 0.414 e. The van der Waals surface area contributed by atoms with Crippen LogP contribution in [0.1, 0.15) is 46.3 Å². The highest BCUT2D eigenvalue weighted by Gasteiger charge is 2.37. The second kappa shape index (κ2) is 16.3. The topological polar surface area (TPSA) is 135 Å². The van der Waals surface area contributed by atoms with E-state index in [4.69, 9.17) is 42.1 Å². The van der Waals surface area contributed by atoms with Gasteiger partial charge in [-0.1, -0.05) is 53.5 Å². The number of carbonyl (C=O) groups excluding carboxylic acids is 2. The normalized spacial score (nSPS) is 18.5. The maximum absolute atomic E-state index is 13.7. The fourth-order valence-electron chi connectivity index (χ4n) is 6.28. The molecule has 2 aromatic heterocycles. The van der Waals surface area contributed by atoms with Gasteiger partial charge in [0.2, 0.25) is 0 Å². The molecular formula is C36H38Cl2N4O7. The third kappa shape index (κ3) is 8.42. The van der Waals surface area contributed by atoms with Crippen LogP contribution in [-0.2, 0) is 22.4 Å². The van der Waals surface area contributed by atoms with E-state index in [1.165, 1.54) is 7.11 Å². The summed E-state index contributed by atoms with van der Waals surface area (Å²) in [5, 5.41) is 0.797. The number of hydrogen-bond donors (Lipinski definition) is 0. The number of rotatable bonds is 11. The van der Waals surface area contributed by atoms with E-state index in [2.05, 4.69) is 14.9 Å². The number of halogens is 2. The lowest BCUT2D eigenvalue weighted by Crippen LogP contribution is -2.53. The van der Waals surface area contributed by atoms with Gasteiger partial charge in [-0.15, -0.1) is 0 Å². The molecule has 0 radical (unpaired) electrons. The van der Waals surface area contributed by atoms with Crippen LogP contribution in [-0.4, -0.2) is 67.4 Å². The van der Waals surface area contributed by atoms with E-state index in [-0.39, 0.29) is 30.2 Å². The zero-order valence-corrected chi connectivity index (χ0v) is 28.7. The van der Waals surface area contributed by atoms with Crippen molar-refractivity contribution in [2.24, 2.45) is 5.92 Å². The van der Waals surface area contributed by atoms with Crippen molar-refractivity contribution < 1.29 is 39.0 Å². The monoisotopic (exact) mass is 708 g/mol. The molecule has 2 N–H and O–H groups in total. The molecule has 3 fully saturated rings. The molecule has 2 aromatic carbocycles. The highest BCUT2D eigenvalue weighted by atomic mass is 35.5. The van der Waals surface area contributed by atoms with Crippen LogP contribution in [0.25, 0.3) is 0 Å². The van der Waals surface area contributed by atoms with Gasteiger partial charge in [-0.05, 0) is 73.8 Å². The number of hydrogen-bond acceptors (Lipinski definition) is 9. The first-order valence-corrected chi connectivity index (χ1v) is 16.6. The van der Waals surface area contributed by atoms with Crippen LogP contribution in [0.5, 0.6) is 11.5 Å². The zero-order valence-electron chi connectivity index (χ0n) is 27.2. The number of amides is 1. The Labute approximate surface area is 295 Å². The Morgan fingerprint density at radius 1 is 0.959 bits per heavy atom. The van der Waals surface area contributed by atoms with Gasteiger partial charge in [0, 0.05) is 24.2 Å². The minimum atomic E-state index is -0.808. The van der Waals surface area contributed by atoms with Gasteiger partial charge in [0.05, 0.1) is 26.5 Å². The fraction of sp³-hybridized carbons (Fsp3) is 0.333. The summed E-state index contributed by atoms with van der Waals surface area (Å²) in [6.45, 7) is 2.93. The van der Waals surface area contributed by atoms with Crippen LogP contribution in [0.3, 0.4) is 0 Å². The first-order chi connectivity index (χ1) is 23.3. The van der Waals surface area contributed by atoms with E-state index in [1.807, 2.05) is 30.3 Å². The molecule has 13 heteroatoms. The maximum atomic E-state index is 13.7. The zero-order chi connectivity index (χ0) is 33.6. The first kappa shape index (κ1) is 35.9. The number of H-pyrrole nitrogens is 1. The van der Waals surface area contributed by atoms with E-state index in [0.29, 0.717) is 50.0 Å². The molecule has 7 rings (SSSR count). The second-order valence-electron chi connectivity index (χ2n) is 11.8. The Bertz CT molecular complexity index is 1730. The summed E-state index contributed by atoms with van der Waals surface area (Å²) >= 11 is 13.0. The SMILES string of the molecule is COc1ccc([C@H](Cc2c(Cl)c[nH+]cc2Cl)OC(=O)c2cccc(CN(C(=O)O[C@H]3CN4CCC3CC4)c3ccccc3)n2)cc1OC.[OH-]. The number of methoxy groups -OCH3 is 2. The van der Waals surface area contributed by atoms with Crippen LogP contribution < -0.4 is 19.4 Å². The second-order valence-corrected chi connectivity index (χ2v) is 12.7. The summed E-state index contributed by atoms with van der Waals surface area (Å²) in [4.78, 5) is 38.8. The van der Waals surface area contributed by atoms with Crippen molar-refractivity contribution in [3.8, 4) is 11.5 Å². The van der Waals surface area contributed by atoms with Crippen molar-refractivity contribution in [1.82, 2.24) is 9.88 Å². The largest absolute Gasteiger partial charge is 0.870 e. The molecular weight excluding hydrogens is 671 g/mol. The van der Waals surface area contributed by atoms with E-state index < -0.39 is 18.2 Å². The quantitative estimate of drug-likeness (QED) is 0.162. The van der Waals surface area contributed by atoms with Gasteiger partial charge >= 0.3 is 12.1 Å². The number of fused-ring (bicyclic) bond motifs is 3. The number of benzene rings is 2. The number of esters is 1. The van der Waals surface area contributed by atoms with Gasteiger partial charge in [-0.3, -0.25) is 9.80 Å². The average molecular weight is 710 g/mol. The van der Waals surface area contributed by atoms with Crippen molar-refractivity contribution in [1.29, 1.82) is 0 Å². The fourth-order valence-corrected chi connectivity index (χ4v) is 6.81. The number of ether oxygens (including phenoxy) is 4. The average Bonchev–Trinajstić information content (AvgIpc) is 3.12. The number of carbonyl (C=O) groups is 2. The summed E-state index contributed by atoms with van der Waals surface area (Å²) in [6.07, 6.45) is 4.05. The number of para-hydroxylation sites is 1. The highest BCUT2D eigenvalue weighted by molar-refractivity contribution is 6.35. The van der Waals surface area contributed by atoms with E-state index in [0.717, 1.165) is 32.5 Å². The number of aromatic nitrogens is 2. The lowest BCUT2D eigenvalue weighted by atomic mass is 9.86. The molecule has 4 aromatic rings. The van der Waals surface area contributed by atoms with Gasteiger partial charge in [-0.2, -0.15) is 0 Å². The molecule has 0 saturated carbocycles. The van der Waals surface area contributed by atoms with Gasteiger partial charge in [0.1, 0.15) is 27.9 Å². The summed E-state index contributed by atoms with van der Waals surface area (Å²) in [5.41, 5.74) is 2.48. The van der Waals surface area contributed by atoms with Crippen LogP contribution >= 0.6 is 23.2 Å². The van der Waals surface area contributed by atoms with E-state index in [9.17, 15) is 9.59 Å². The highest BCUT2D eigenvalue weighted by Crippen LogP contribution is 2.35. The van der Waals surface area contributed by atoms with E-state index >= 15 is 0 Å². The van der Waals surface area contributed by atoms with Crippen LogP contribution in [0.2, 0.25) is 10.0 Å². The Kier molecular flexibility index (Phi) is 11.9. The molecule has 1 amide bonds. The predicted molar refractivity (Wildman–Crippen MR) is 183 cm³/mol. The van der Waals surface area contributed by atoms with E-state index in [1.54, 1.807) is 60.8 Å². The molecule has 5 heterocycles. The third-order valence-corrected chi connectivity index (χ3v) is 9.56. The van der Waals surface area contributed by atoms with Crippen molar-refractivity contribution >= 4 is 41.0 Å². The number of anilines is 1. The Morgan fingerprint density at radius 3 is 2.33 bits per heavy atom. The molecule has 11 nitrogen and oxygen atoms in total. The summed E-state index contributed by atoms with van der Waals surface area (Å²) < 4.78 is 23.1. The molecule has 3 aliphatic rings. The van der Waals surface area contributed by atoms with Crippen molar-refractivity contribution in [2.75, 3.05) is 38.8 Å². The van der Waals surface area contributed by atoms with Gasteiger partial charge in [0.15, 0.2) is 23.9 Å². The van der Waals surface area contributed by atoms with Crippen LogP contribution in [0.15, 0.2) is 79.1 Å². The summed E-state index contributed by atoms with van der Waals surface area (Å²) in [7, 11) is 3.08. The lowest BCUT2D eigenvalue weighted by molar-refractivity contribution is -0.377. The summed E-state index contributed by atoms with van der Waals surface area (Å²) in [5.74, 6) is 0.708. The standard InChI is InChI=1S/C36H36Cl2N4O6.H2O/c1-45-31-12-11-24(17-33(31)46-2)32(18-27-28(37)19-39-20-29(27)38)47-35(43)30-10-6-7-25(40-30)21-42(26-8-4-3-5-9-26)36(44)48-34-22-41-15-13-23(34)14-16-41;/h3-12,17,19-20,23,32,34H,13-16,18,21-22H2,1-2H3;1H2/t32-,34-;/m0./s1. The van der Waals surface area contributed by atoms with Gasteiger partial charge in [-0.25, -0.2) is 19.6 Å². The van der Waals surface area contributed by atoms with Crippen molar-refractivity contribution in [2.45, 2.75) is 38.0 Å². The minimum Gasteiger partial charge on any atom is -0.870 e. The van der Waals surface area contributed by atoms with Gasteiger partial charge < -0.3 is 24.4 Å². The summed E-state index contributed by atoms with van der Waals surface area (Å²) in [6, 6.07) is 19.6. The minimum absolute atomic E-state index is 0. The molecule has 258 valence electrons. The lowest BCUT2D eigenvalue weighted by Gasteiger charge is -2.44. The number of aromatic amines is 1. The van der Waals surface area contributed by atoms with Crippen molar-refractivity contribution in [3.63, 3.8) is 0 Å². The Balaban J connectivity index is 0.00000468. The molecule has 49 heavy (non-hydrogen) atoms. The third-order valence-electron chi connectivity index (χ3n) is 8.89. The molecule has 0 spiro atoms. The van der Waals surface area contributed by atoms with Crippen LogP contribution in [0.4, 0.5) is 10.5 Å². The molecule has 0 aliphatic carbocycles. The number of nitrogens with zero attached hydrogens (tertiary/aromatic N) is 3. The first-order valence-electron chi connectivity index (χ1n) is 15.8. The number of pyridine rings is 2. The molecule has 2 bridgehead atoms. The van der Waals surface area contributed by atoms with Gasteiger partial charge in [0.25, 0.3) is 0 Å². The Hall–Kier alpha value is -4.42. The number of piperidine rings is 3. The van der Waals surface area contributed by atoms with Crippen molar-refractivity contribution in [3.05, 3.63) is 112 Å². The molecule has 0 unspecified atom stereocenters. The van der Waals surface area contributed by atoms with Crippen LogP contribution in [0, 0.1) is 5.92 Å². The number of nitrogens with one attached hydrogen (secondary N) is 1. The predicted octanol–water partition coefficient (Wildman–Crippen LogP) is 6.42. The maximum Gasteiger partial charge on any atom is 0.414 e. The Morgan fingerprint density at radius 2 is 1.67 bits per heavy atom. The molecule has 3 aliphatic heterocycles.